The number of halogens is 3. The van der Waals surface area contributed by atoms with Crippen LogP contribution in [-0.2, 0) is 14.4 Å². The van der Waals surface area contributed by atoms with E-state index in [0.29, 0.717) is 29.3 Å². The van der Waals surface area contributed by atoms with Crippen LogP contribution < -0.4 is 10.6 Å². The smallest absolute Gasteiger partial charge is 0.481 e. The summed E-state index contributed by atoms with van der Waals surface area (Å²) in [5.74, 6) is -2.96. The highest BCUT2D eigenvalue weighted by Crippen LogP contribution is 2.25. The first-order valence-electron chi connectivity index (χ1n) is 10.2. The molecule has 0 aliphatic heterocycles. The SMILES string of the molecule is CC(C)C(=O)Nc1cc2ccccc2cc1C(=O)NCCSSCCC(=O)O.O=C(O)C(F)(F)F. The number of carbonyl (C=O) groups is 4. The highest BCUT2D eigenvalue weighted by Gasteiger charge is 2.38. The summed E-state index contributed by atoms with van der Waals surface area (Å²) in [5, 5.41) is 23.3. The van der Waals surface area contributed by atoms with Crippen LogP contribution in [-0.4, -0.2) is 58.2 Å². The van der Waals surface area contributed by atoms with Crippen LogP contribution in [0, 0.1) is 5.92 Å². The van der Waals surface area contributed by atoms with Crippen molar-refractivity contribution in [2.45, 2.75) is 26.4 Å². The zero-order chi connectivity index (χ0) is 26.6. The average Bonchev–Trinajstić information content (AvgIpc) is 2.77. The van der Waals surface area contributed by atoms with Gasteiger partial charge in [0.25, 0.3) is 5.91 Å². The predicted octanol–water partition coefficient (Wildman–Crippen LogP) is 4.65. The van der Waals surface area contributed by atoms with Crippen molar-refractivity contribution >= 4 is 61.8 Å². The van der Waals surface area contributed by atoms with Gasteiger partial charge >= 0.3 is 18.1 Å². The maximum atomic E-state index is 12.7. The van der Waals surface area contributed by atoms with E-state index in [4.69, 9.17) is 15.0 Å². The van der Waals surface area contributed by atoms with Gasteiger partial charge in [-0.1, -0.05) is 59.7 Å². The van der Waals surface area contributed by atoms with E-state index in [1.807, 2.05) is 30.3 Å². The van der Waals surface area contributed by atoms with Crippen molar-refractivity contribution in [1.29, 1.82) is 0 Å². The first-order valence-corrected chi connectivity index (χ1v) is 12.7. The number of hydrogen-bond acceptors (Lipinski definition) is 6. The fraction of sp³-hybridized carbons (Fsp3) is 0.364. The number of carboxylic acids is 2. The molecule has 0 saturated carbocycles. The molecule has 0 fully saturated rings. The van der Waals surface area contributed by atoms with Gasteiger partial charge in [-0.25, -0.2) is 4.79 Å². The van der Waals surface area contributed by atoms with E-state index < -0.39 is 18.1 Å². The number of fused-ring (bicyclic) bond motifs is 1. The molecule has 2 aromatic rings. The Hall–Kier alpha value is -2.93. The van der Waals surface area contributed by atoms with Crippen LogP contribution >= 0.6 is 21.6 Å². The summed E-state index contributed by atoms with van der Waals surface area (Å²) in [6.45, 7) is 4.05. The molecule has 0 saturated heterocycles. The molecule has 192 valence electrons. The number of anilines is 1. The molecule has 13 heteroatoms. The lowest BCUT2D eigenvalue weighted by atomic mass is 10.0. The van der Waals surface area contributed by atoms with Gasteiger partial charge in [-0.05, 0) is 22.9 Å². The average molecular weight is 535 g/mol. The predicted molar refractivity (Wildman–Crippen MR) is 131 cm³/mol. The lowest BCUT2D eigenvalue weighted by molar-refractivity contribution is -0.192. The zero-order valence-electron chi connectivity index (χ0n) is 18.8. The maximum Gasteiger partial charge on any atom is 0.490 e. The summed E-state index contributed by atoms with van der Waals surface area (Å²) in [6, 6.07) is 11.3. The number of rotatable bonds is 10. The van der Waals surface area contributed by atoms with Crippen LogP contribution in [0.15, 0.2) is 36.4 Å². The zero-order valence-corrected chi connectivity index (χ0v) is 20.5. The first kappa shape index (κ1) is 30.1. The number of aliphatic carboxylic acids is 2. The molecule has 0 atom stereocenters. The normalized spacial score (nSPS) is 10.9. The minimum Gasteiger partial charge on any atom is -0.481 e. The number of alkyl halides is 3. The molecule has 0 aliphatic rings. The molecule has 0 aliphatic carbocycles. The van der Waals surface area contributed by atoms with E-state index in [1.54, 1.807) is 19.9 Å². The molecule has 2 aromatic carbocycles. The van der Waals surface area contributed by atoms with Crippen molar-refractivity contribution in [3.63, 3.8) is 0 Å². The molecule has 35 heavy (non-hydrogen) atoms. The van der Waals surface area contributed by atoms with Crippen LogP contribution in [0.1, 0.15) is 30.6 Å². The van der Waals surface area contributed by atoms with Gasteiger partial charge < -0.3 is 20.8 Å². The van der Waals surface area contributed by atoms with Crippen LogP contribution in [0.3, 0.4) is 0 Å². The quantitative estimate of drug-likeness (QED) is 0.256. The van der Waals surface area contributed by atoms with E-state index >= 15 is 0 Å². The molecular formula is C22H25F3N2O6S2. The van der Waals surface area contributed by atoms with Gasteiger partial charge in [-0.15, -0.1) is 0 Å². The molecule has 0 spiro atoms. The highest BCUT2D eigenvalue weighted by molar-refractivity contribution is 8.76. The lowest BCUT2D eigenvalue weighted by Crippen LogP contribution is -2.27. The summed E-state index contributed by atoms with van der Waals surface area (Å²) in [4.78, 5) is 44.2. The van der Waals surface area contributed by atoms with Gasteiger partial charge in [0.05, 0.1) is 17.7 Å². The number of amides is 2. The second kappa shape index (κ2) is 14.5. The minimum atomic E-state index is -5.08. The number of benzene rings is 2. The number of carbonyl (C=O) groups excluding carboxylic acids is 2. The molecule has 0 bridgehead atoms. The third kappa shape index (κ3) is 11.4. The first-order chi connectivity index (χ1) is 16.3. The Morgan fingerprint density at radius 1 is 0.971 bits per heavy atom. The summed E-state index contributed by atoms with van der Waals surface area (Å²) in [5.41, 5.74) is 0.926. The molecule has 2 amide bonds. The third-order valence-corrected chi connectivity index (χ3v) is 6.52. The molecule has 0 aromatic heterocycles. The highest BCUT2D eigenvalue weighted by atomic mass is 33.1. The topological polar surface area (TPSA) is 133 Å². The molecule has 0 radical (unpaired) electrons. The van der Waals surface area contributed by atoms with Crippen molar-refractivity contribution in [3.8, 4) is 0 Å². The van der Waals surface area contributed by atoms with Crippen molar-refractivity contribution in [2.75, 3.05) is 23.4 Å². The Kier molecular flexibility index (Phi) is 12.4. The fourth-order valence-corrected chi connectivity index (χ4v) is 4.24. The second-order valence-corrected chi connectivity index (χ2v) is 9.94. The van der Waals surface area contributed by atoms with Crippen molar-refractivity contribution in [3.05, 3.63) is 42.0 Å². The van der Waals surface area contributed by atoms with E-state index in [2.05, 4.69) is 10.6 Å². The van der Waals surface area contributed by atoms with Gasteiger partial charge in [0.1, 0.15) is 0 Å². The molecule has 0 unspecified atom stereocenters. The molecular weight excluding hydrogens is 509 g/mol. The Morgan fingerprint density at radius 3 is 2.03 bits per heavy atom. The van der Waals surface area contributed by atoms with Crippen molar-refractivity contribution < 1.29 is 42.6 Å². The summed E-state index contributed by atoms with van der Waals surface area (Å²) >= 11 is 0. The minimum absolute atomic E-state index is 0.125. The van der Waals surface area contributed by atoms with Crippen LogP contribution in [0.2, 0.25) is 0 Å². The van der Waals surface area contributed by atoms with Crippen molar-refractivity contribution in [1.82, 2.24) is 5.32 Å². The standard InChI is InChI=1S/C20H24N2O4S2.C2HF3O2/c1-13(2)19(25)22-17-12-15-6-4-3-5-14(15)11-16(17)20(26)21-8-10-28-27-9-7-18(23)24;3-2(4,5)1(6)7/h3-6,11-13H,7-10H2,1-2H3,(H,21,26)(H,22,25)(H,23,24);(H,6,7). The largest absolute Gasteiger partial charge is 0.490 e. The van der Waals surface area contributed by atoms with Gasteiger partial charge in [-0.2, -0.15) is 13.2 Å². The molecule has 8 nitrogen and oxygen atoms in total. The van der Waals surface area contributed by atoms with E-state index in [9.17, 15) is 27.6 Å². The van der Waals surface area contributed by atoms with Crippen LogP contribution in [0.4, 0.5) is 18.9 Å². The van der Waals surface area contributed by atoms with Crippen molar-refractivity contribution in [2.24, 2.45) is 5.92 Å². The van der Waals surface area contributed by atoms with Crippen LogP contribution in [0.5, 0.6) is 0 Å². The van der Waals surface area contributed by atoms with Crippen LogP contribution in [0.25, 0.3) is 10.8 Å². The number of nitrogens with one attached hydrogen (secondary N) is 2. The Balaban J connectivity index is 0.000000762. The number of hydrogen-bond donors (Lipinski definition) is 4. The van der Waals surface area contributed by atoms with Gasteiger partial charge in [0.15, 0.2) is 0 Å². The Labute approximate surface area is 207 Å². The lowest BCUT2D eigenvalue weighted by Gasteiger charge is -2.14. The van der Waals surface area contributed by atoms with E-state index in [1.165, 1.54) is 21.6 Å². The monoisotopic (exact) mass is 534 g/mol. The molecule has 0 heterocycles. The summed E-state index contributed by atoms with van der Waals surface area (Å²) < 4.78 is 31.7. The van der Waals surface area contributed by atoms with E-state index in [0.717, 1.165) is 10.8 Å². The fourth-order valence-electron chi connectivity index (χ4n) is 2.36. The maximum absolute atomic E-state index is 12.7. The summed E-state index contributed by atoms with van der Waals surface area (Å²) in [7, 11) is 3.00. The van der Waals surface area contributed by atoms with Gasteiger partial charge in [0, 0.05) is 24.0 Å². The Morgan fingerprint density at radius 2 is 1.51 bits per heavy atom. The Bertz CT molecular complexity index is 1050. The van der Waals surface area contributed by atoms with E-state index in [-0.39, 0.29) is 24.2 Å². The number of carboxylic acid groups (broad SMARTS) is 2. The second-order valence-electron chi connectivity index (χ2n) is 7.24. The molecule has 2 rings (SSSR count). The van der Waals surface area contributed by atoms with Gasteiger partial charge in [0.2, 0.25) is 5.91 Å². The molecule has 4 N–H and O–H groups in total. The van der Waals surface area contributed by atoms with Gasteiger partial charge in [-0.3, -0.25) is 14.4 Å². The third-order valence-electron chi connectivity index (χ3n) is 4.11. The summed E-state index contributed by atoms with van der Waals surface area (Å²) in [6.07, 6.45) is -4.96.